The van der Waals surface area contributed by atoms with Crippen molar-refractivity contribution in [2.24, 2.45) is 0 Å². The second-order valence-electron chi connectivity index (χ2n) is 4.99. The normalized spacial score (nSPS) is 12.1. The van der Waals surface area contributed by atoms with E-state index in [0.717, 1.165) is 24.4 Å². The van der Waals surface area contributed by atoms with Crippen LogP contribution in [0.3, 0.4) is 0 Å². The largest absolute Gasteiger partial charge is 0.496 e. The van der Waals surface area contributed by atoms with E-state index < -0.39 is 0 Å². The molecule has 0 aliphatic carbocycles. The zero-order valence-electron chi connectivity index (χ0n) is 12.8. The number of nitrogens with zero attached hydrogens (tertiary/aromatic N) is 1. The maximum atomic E-state index is 5.52. The molecule has 1 aromatic carbocycles. The Hall–Kier alpha value is -1.48. The molecule has 0 aromatic heterocycles. The zero-order chi connectivity index (χ0) is 14.4. The Morgan fingerprint density at radius 3 is 2.68 bits per heavy atom. The van der Waals surface area contributed by atoms with E-state index in [1.807, 2.05) is 19.1 Å². The summed E-state index contributed by atoms with van der Waals surface area (Å²) in [5, 5.41) is 3.46. The second kappa shape index (κ2) is 7.19. The van der Waals surface area contributed by atoms with Gasteiger partial charge in [-0.05, 0) is 32.5 Å². The topological polar surface area (TPSA) is 24.5 Å². The first kappa shape index (κ1) is 15.6. The van der Waals surface area contributed by atoms with E-state index in [9.17, 15) is 0 Å². The fourth-order valence-corrected chi connectivity index (χ4v) is 2.38. The van der Waals surface area contributed by atoms with Gasteiger partial charge in [-0.15, -0.1) is 0 Å². The molecule has 0 saturated carbocycles. The first-order valence-electron chi connectivity index (χ1n) is 6.77. The Labute approximate surface area is 117 Å². The van der Waals surface area contributed by atoms with E-state index in [1.54, 1.807) is 7.11 Å². The fourth-order valence-electron chi connectivity index (χ4n) is 2.38. The number of hydrogen-bond donors (Lipinski definition) is 1. The van der Waals surface area contributed by atoms with E-state index in [0.29, 0.717) is 0 Å². The average Bonchev–Trinajstić information content (AvgIpc) is 2.37. The van der Waals surface area contributed by atoms with Gasteiger partial charge < -0.3 is 15.0 Å². The van der Waals surface area contributed by atoms with E-state index in [4.69, 9.17) is 4.74 Å². The molecule has 0 radical (unpaired) electrons. The molecule has 106 valence electrons. The summed E-state index contributed by atoms with van der Waals surface area (Å²) in [6, 6.07) is 6.44. The number of methoxy groups -OCH3 is 1. The zero-order valence-corrected chi connectivity index (χ0v) is 12.8. The van der Waals surface area contributed by atoms with Crippen LogP contribution in [-0.2, 0) is 0 Å². The smallest absolute Gasteiger partial charge is 0.125 e. The molecule has 0 fully saturated rings. The molecular weight excluding hydrogens is 236 g/mol. The van der Waals surface area contributed by atoms with Gasteiger partial charge in [0.05, 0.1) is 7.11 Å². The quantitative estimate of drug-likeness (QED) is 0.762. The van der Waals surface area contributed by atoms with Gasteiger partial charge in [-0.3, -0.25) is 0 Å². The SMILES string of the molecule is C=C(C)CN(C)c1cccc(OC)c1C(C)NCC. The summed E-state index contributed by atoms with van der Waals surface area (Å²) in [6.45, 7) is 12.1. The standard InChI is InChI=1S/C16H26N2O/c1-7-17-13(4)16-14(18(5)11-12(2)3)9-8-10-15(16)19-6/h8-10,13,17H,2,7,11H2,1,3-6H3. The lowest BCUT2D eigenvalue weighted by Gasteiger charge is -2.27. The molecule has 0 saturated heterocycles. The molecule has 1 N–H and O–H groups in total. The van der Waals surface area contributed by atoms with Crippen LogP contribution in [-0.4, -0.2) is 27.2 Å². The molecule has 1 unspecified atom stereocenters. The summed E-state index contributed by atoms with van der Waals surface area (Å²) in [7, 11) is 3.81. The van der Waals surface area contributed by atoms with Crippen LogP contribution in [0.2, 0.25) is 0 Å². The molecule has 1 rings (SSSR count). The third-order valence-electron chi connectivity index (χ3n) is 3.12. The Morgan fingerprint density at radius 2 is 2.16 bits per heavy atom. The highest BCUT2D eigenvalue weighted by Crippen LogP contribution is 2.34. The Morgan fingerprint density at radius 1 is 1.47 bits per heavy atom. The van der Waals surface area contributed by atoms with Crippen molar-refractivity contribution in [3.63, 3.8) is 0 Å². The molecule has 0 amide bonds. The van der Waals surface area contributed by atoms with Crippen LogP contribution in [0.1, 0.15) is 32.4 Å². The Kier molecular flexibility index (Phi) is 5.90. The highest BCUT2D eigenvalue weighted by molar-refractivity contribution is 5.61. The number of likely N-dealkylation sites (N-methyl/N-ethyl adjacent to an activating group) is 1. The summed E-state index contributed by atoms with van der Waals surface area (Å²) < 4.78 is 5.52. The van der Waals surface area contributed by atoms with Crippen molar-refractivity contribution >= 4 is 5.69 Å². The van der Waals surface area contributed by atoms with Crippen molar-refractivity contribution < 1.29 is 4.74 Å². The first-order chi connectivity index (χ1) is 9.01. The lowest BCUT2D eigenvalue weighted by molar-refractivity contribution is 0.402. The third kappa shape index (κ3) is 4.00. The van der Waals surface area contributed by atoms with Crippen LogP contribution >= 0.6 is 0 Å². The molecule has 1 aromatic rings. The molecule has 0 aliphatic heterocycles. The lowest BCUT2D eigenvalue weighted by atomic mass is 10.0. The van der Waals surface area contributed by atoms with Crippen LogP contribution in [0, 0.1) is 0 Å². The van der Waals surface area contributed by atoms with Gasteiger partial charge in [0.15, 0.2) is 0 Å². The van der Waals surface area contributed by atoms with Gasteiger partial charge in [0.2, 0.25) is 0 Å². The summed E-state index contributed by atoms with van der Waals surface area (Å²) in [5.74, 6) is 0.930. The summed E-state index contributed by atoms with van der Waals surface area (Å²) in [6.07, 6.45) is 0. The summed E-state index contributed by atoms with van der Waals surface area (Å²) in [5.41, 5.74) is 3.54. The minimum atomic E-state index is 0.253. The van der Waals surface area contributed by atoms with Crippen LogP contribution in [0.25, 0.3) is 0 Å². The van der Waals surface area contributed by atoms with Gasteiger partial charge in [-0.2, -0.15) is 0 Å². The van der Waals surface area contributed by atoms with Crippen molar-refractivity contribution in [1.82, 2.24) is 5.32 Å². The average molecular weight is 262 g/mol. The molecular formula is C16H26N2O. The highest BCUT2D eigenvalue weighted by Gasteiger charge is 2.17. The molecule has 0 heterocycles. The highest BCUT2D eigenvalue weighted by atomic mass is 16.5. The first-order valence-corrected chi connectivity index (χ1v) is 6.77. The van der Waals surface area contributed by atoms with Gasteiger partial charge >= 0.3 is 0 Å². The molecule has 0 bridgehead atoms. The molecule has 0 spiro atoms. The third-order valence-corrected chi connectivity index (χ3v) is 3.12. The van der Waals surface area contributed by atoms with E-state index in [1.165, 1.54) is 11.3 Å². The second-order valence-corrected chi connectivity index (χ2v) is 4.99. The van der Waals surface area contributed by atoms with Gasteiger partial charge in [0.25, 0.3) is 0 Å². The van der Waals surface area contributed by atoms with Gasteiger partial charge in [-0.25, -0.2) is 0 Å². The van der Waals surface area contributed by atoms with Gasteiger partial charge in [0, 0.05) is 30.9 Å². The van der Waals surface area contributed by atoms with Crippen molar-refractivity contribution in [1.29, 1.82) is 0 Å². The van der Waals surface area contributed by atoms with Gasteiger partial charge in [0.1, 0.15) is 5.75 Å². The van der Waals surface area contributed by atoms with Crippen molar-refractivity contribution in [2.45, 2.75) is 26.8 Å². The number of nitrogens with one attached hydrogen (secondary N) is 1. The number of ether oxygens (including phenoxy) is 1. The van der Waals surface area contributed by atoms with E-state index >= 15 is 0 Å². The predicted molar refractivity (Wildman–Crippen MR) is 83.2 cm³/mol. The van der Waals surface area contributed by atoms with Crippen LogP contribution < -0.4 is 15.0 Å². The predicted octanol–water partition coefficient (Wildman–Crippen LogP) is 3.38. The van der Waals surface area contributed by atoms with Crippen molar-refractivity contribution in [3.8, 4) is 5.75 Å². The maximum absolute atomic E-state index is 5.52. The molecule has 3 heteroatoms. The van der Waals surface area contributed by atoms with Crippen LogP contribution in [0.15, 0.2) is 30.4 Å². The number of rotatable bonds is 7. The minimum absolute atomic E-state index is 0.253. The number of hydrogen-bond acceptors (Lipinski definition) is 3. The monoisotopic (exact) mass is 262 g/mol. The van der Waals surface area contributed by atoms with Crippen LogP contribution in [0.5, 0.6) is 5.75 Å². The molecule has 19 heavy (non-hydrogen) atoms. The van der Waals surface area contributed by atoms with Crippen LogP contribution in [0.4, 0.5) is 5.69 Å². The lowest BCUT2D eigenvalue weighted by Crippen LogP contribution is -2.25. The molecule has 0 aliphatic rings. The minimum Gasteiger partial charge on any atom is -0.496 e. The summed E-state index contributed by atoms with van der Waals surface area (Å²) >= 11 is 0. The molecule has 3 nitrogen and oxygen atoms in total. The van der Waals surface area contributed by atoms with E-state index in [2.05, 4.69) is 43.8 Å². The number of anilines is 1. The molecule has 1 atom stereocenters. The van der Waals surface area contributed by atoms with Crippen molar-refractivity contribution in [3.05, 3.63) is 35.9 Å². The van der Waals surface area contributed by atoms with Gasteiger partial charge in [-0.1, -0.05) is 25.1 Å². The maximum Gasteiger partial charge on any atom is 0.125 e. The summed E-state index contributed by atoms with van der Waals surface area (Å²) in [4.78, 5) is 2.22. The fraction of sp³-hybridized carbons (Fsp3) is 0.500. The van der Waals surface area contributed by atoms with Crippen molar-refractivity contribution in [2.75, 3.05) is 32.1 Å². The Balaban J connectivity index is 3.18. The van der Waals surface area contributed by atoms with E-state index in [-0.39, 0.29) is 6.04 Å². The Bertz CT molecular complexity index is 429. The number of benzene rings is 1.